The number of carbonyl (C=O) groups excluding carboxylic acids is 1. The van der Waals surface area contributed by atoms with Crippen molar-refractivity contribution in [3.63, 3.8) is 0 Å². The van der Waals surface area contributed by atoms with Gasteiger partial charge in [-0.05, 0) is 6.92 Å². The highest BCUT2D eigenvalue weighted by Crippen LogP contribution is 2.39. The van der Waals surface area contributed by atoms with Gasteiger partial charge in [-0.3, -0.25) is 4.79 Å². The van der Waals surface area contributed by atoms with Gasteiger partial charge in [-0.1, -0.05) is 0 Å². The molecule has 118 valence electrons. The number of aromatic nitrogens is 1. The molecule has 1 heterocycles. The maximum absolute atomic E-state index is 12.1. The molecule has 2 aromatic rings. The molecule has 0 fully saturated rings. The standard InChI is InChI=1S/C15H18N2O4S/c1-9-13(22-8-16-9)7-14(18)17-10-5-11(19-2)15(21-4)12(6-10)20-3/h5-6,8H,7H2,1-4H3,(H,17,18). The smallest absolute Gasteiger partial charge is 0.229 e. The van der Waals surface area contributed by atoms with E-state index in [-0.39, 0.29) is 12.3 Å². The summed E-state index contributed by atoms with van der Waals surface area (Å²) in [6.07, 6.45) is 0.285. The fourth-order valence-corrected chi connectivity index (χ4v) is 2.78. The van der Waals surface area contributed by atoms with Crippen LogP contribution in [0.4, 0.5) is 5.69 Å². The van der Waals surface area contributed by atoms with Crippen molar-refractivity contribution in [3.05, 3.63) is 28.2 Å². The van der Waals surface area contributed by atoms with E-state index in [0.717, 1.165) is 10.6 Å². The molecule has 0 saturated carbocycles. The van der Waals surface area contributed by atoms with Crippen LogP contribution in [-0.4, -0.2) is 32.2 Å². The SMILES string of the molecule is COc1cc(NC(=O)Cc2scnc2C)cc(OC)c1OC. The molecule has 1 aromatic carbocycles. The Labute approximate surface area is 133 Å². The number of rotatable bonds is 6. The summed E-state index contributed by atoms with van der Waals surface area (Å²) in [5.41, 5.74) is 3.20. The lowest BCUT2D eigenvalue weighted by Crippen LogP contribution is -2.14. The first-order valence-electron chi connectivity index (χ1n) is 6.57. The van der Waals surface area contributed by atoms with Gasteiger partial charge in [0.1, 0.15) is 0 Å². The zero-order valence-corrected chi connectivity index (χ0v) is 13.7. The molecule has 1 amide bonds. The van der Waals surface area contributed by atoms with Gasteiger partial charge in [-0.25, -0.2) is 4.98 Å². The molecule has 1 aromatic heterocycles. The molecule has 7 heteroatoms. The van der Waals surface area contributed by atoms with Crippen LogP contribution in [0.1, 0.15) is 10.6 Å². The number of benzene rings is 1. The van der Waals surface area contributed by atoms with E-state index in [1.165, 1.54) is 32.7 Å². The van der Waals surface area contributed by atoms with Gasteiger partial charge in [0.15, 0.2) is 11.5 Å². The van der Waals surface area contributed by atoms with Crippen LogP contribution in [0.25, 0.3) is 0 Å². The van der Waals surface area contributed by atoms with Gasteiger partial charge < -0.3 is 19.5 Å². The summed E-state index contributed by atoms with van der Waals surface area (Å²) in [4.78, 5) is 17.2. The molecule has 0 bridgehead atoms. The third-order valence-electron chi connectivity index (χ3n) is 3.11. The quantitative estimate of drug-likeness (QED) is 0.885. The van der Waals surface area contributed by atoms with E-state index in [2.05, 4.69) is 10.3 Å². The van der Waals surface area contributed by atoms with Crippen LogP contribution in [0.5, 0.6) is 17.2 Å². The monoisotopic (exact) mass is 322 g/mol. The molecular weight excluding hydrogens is 304 g/mol. The van der Waals surface area contributed by atoms with Gasteiger partial charge in [0.25, 0.3) is 0 Å². The Balaban J connectivity index is 2.18. The van der Waals surface area contributed by atoms with Gasteiger partial charge in [0, 0.05) is 22.7 Å². The van der Waals surface area contributed by atoms with Crippen LogP contribution in [0.3, 0.4) is 0 Å². The molecule has 0 spiro atoms. The molecule has 22 heavy (non-hydrogen) atoms. The van der Waals surface area contributed by atoms with Crippen molar-refractivity contribution in [2.45, 2.75) is 13.3 Å². The van der Waals surface area contributed by atoms with Crippen LogP contribution >= 0.6 is 11.3 Å². The van der Waals surface area contributed by atoms with Crippen molar-refractivity contribution in [2.75, 3.05) is 26.6 Å². The van der Waals surface area contributed by atoms with E-state index >= 15 is 0 Å². The number of ether oxygens (including phenoxy) is 3. The van der Waals surface area contributed by atoms with Crippen molar-refractivity contribution in [1.82, 2.24) is 4.98 Å². The number of carbonyl (C=O) groups is 1. The molecule has 6 nitrogen and oxygen atoms in total. The average molecular weight is 322 g/mol. The van der Waals surface area contributed by atoms with Crippen LogP contribution in [0.2, 0.25) is 0 Å². The highest BCUT2D eigenvalue weighted by molar-refractivity contribution is 7.09. The van der Waals surface area contributed by atoms with E-state index < -0.39 is 0 Å². The molecule has 0 aliphatic rings. The fraction of sp³-hybridized carbons (Fsp3) is 0.333. The van der Waals surface area contributed by atoms with Crippen molar-refractivity contribution in [3.8, 4) is 17.2 Å². The van der Waals surface area contributed by atoms with E-state index in [1.807, 2.05) is 6.92 Å². The Morgan fingerprint density at radius 3 is 2.27 bits per heavy atom. The van der Waals surface area contributed by atoms with Crippen LogP contribution in [0.15, 0.2) is 17.6 Å². The Hall–Kier alpha value is -2.28. The number of thiazole rings is 1. The minimum atomic E-state index is -0.123. The zero-order chi connectivity index (χ0) is 16.1. The Kier molecular flexibility index (Phi) is 5.21. The van der Waals surface area contributed by atoms with E-state index in [1.54, 1.807) is 17.6 Å². The van der Waals surface area contributed by atoms with Crippen LogP contribution in [0, 0.1) is 6.92 Å². The Morgan fingerprint density at radius 1 is 1.18 bits per heavy atom. The number of amides is 1. The molecule has 0 aliphatic carbocycles. The second-order valence-electron chi connectivity index (χ2n) is 4.50. The van der Waals surface area contributed by atoms with Gasteiger partial charge in [-0.2, -0.15) is 0 Å². The first-order chi connectivity index (χ1) is 10.6. The first-order valence-corrected chi connectivity index (χ1v) is 7.45. The highest BCUT2D eigenvalue weighted by Gasteiger charge is 2.15. The summed E-state index contributed by atoms with van der Waals surface area (Å²) in [7, 11) is 4.60. The molecule has 0 atom stereocenters. The van der Waals surface area contributed by atoms with Crippen molar-refractivity contribution < 1.29 is 19.0 Å². The predicted octanol–water partition coefficient (Wildman–Crippen LogP) is 2.66. The first kappa shape index (κ1) is 16.1. The lowest BCUT2D eigenvalue weighted by atomic mass is 10.2. The zero-order valence-electron chi connectivity index (χ0n) is 12.9. The maximum atomic E-state index is 12.1. The minimum absolute atomic E-state index is 0.123. The molecule has 1 N–H and O–H groups in total. The van der Waals surface area contributed by atoms with Gasteiger partial charge in [-0.15, -0.1) is 11.3 Å². The summed E-state index contributed by atoms with van der Waals surface area (Å²) in [6.45, 7) is 1.89. The molecule has 0 unspecified atom stereocenters. The Morgan fingerprint density at radius 2 is 1.82 bits per heavy atom. The number of methoxy groups -OCH3 is 3. The summed E-state index contributed by atoms with van der Waals surface area (Å²) in [5, 5.41) is 2.83. The second-order valence-corrected chi connectivity index (χ2v) is 5.44. The van der Waals surface area contributed by atoms with E-state index in [9.17, 15) is 4.79 Å². The maximum Gasteiger partial charge on any atom is 0.229 e. The summed E-state index contributed by atoms with van der Waals surface area (Å²) < 4.78 is 15.8. The second kappa shape index (κ2) is 7.13. The number of anilines is 1. The predicted molar refractivity (Wildman–Crippen MR) is 85.3 cm³/mol. The van der Waals surface area contributed by atoms with Crippen LogP contribution in [-0.2, 0) is 11.2 Å². The van der Waals surface area contributed by atoms with Gasteiger partial charge in [0.05, 0.1) is 39.0 Å². The van der Waals surface area contributed by atoms with Crippen molar-refractivity contribution in [1.29, 1.82) is 0 Å². The molecule has 0 saturated heterocycles. The number of aryl methyl sites for hydroxylation is 1. The van der Waals surface area contributed by atoms with E-state index in [0.29, 0.717) is 22.9 Å². The van der Waals surface area contributed by atoms with Gasteiger partial charge >= 0.3 is 0 Å². The third-order valence-corrected chi connectivity index (χ3v) is 4.05. The lowest BCUT2D eigenvalue weighted by molar-refractivity contribution is -0.115. The normalized spacial score (nSPS) is 10.2. The van der Waals surface area contributed by atoms with E-state index in [4.69, 9.17) is 14.2 Å². The average Bonchev–Trinajstić information content (AvgIpc) is 2.91. The summed E-state index contributed by atoms with van der Waals surface area (Å²) in [6, 6.07) is 3.39. The molecule has 0 aliphatic heterocycles. The van der Waals surface area contributed by atoms with Gasteiger partial charge in [0.2, 0.25) is 11.7 Å². The van der Waals surface area contributed by atoms with Crippen molar-refractivity contribution >= 4 is 22.9 Å². The molecule has 0 radical (unpaired) electrons. The lowest BCUT2D eigenvalue weighted by Gasteiger charge is -2.14. The Bertz CT molecular complexity index is 644. The molecule has 2 rings (SSSR count). The number of nitrogens with one attached hydrogen (secondary N) is 1. The largest absolute Gasteiger partial charge is 0.493 e. The number of nitrogens with zero attached hydrogens (tertiary/aromatic N) is 1. The number of hydrogen-bond acceptors (Lipinski definition) is 6. The topological polar surface area (TPSA) is 69.7 Å². The summed E-state index contributed by atoms with van der Waals surface area (Å²) >= 11 is 1.47. The van der Waals surface area contributed by atoms with Crippen molar-refractivity contribution in [2.24, 2.45) is 0 Å². The number of hydrogen-bond donors (Lipinski definition) is 1. The minimum Gasteiger partial charge on any atom is -0.493 e. The summed E-state index contributed by atoms with van der Waals surface area (Å²) in [5.74, 6) is 1.35. The molecular formula is C15H18N2O4S. The highest BCUT2D eigenvalue weighted by atomic mass is 32.1. The third kappa shape index (κ3) is 3.48. The van der Waals surface area contributed by atoms with Crippen LogP contribution < -0.4 is 19.5 Å². The fourth-order valence-electron chi connectivity index (χ4n) is 2.00.